The molecule has 0 aromatic carbocycles. The number of hydrogen-bond donors (Lipinski definition) is 4. The minimum Gasteiger partial charge on any atom is -0.463 e. The number of allylic oxidation sites excluding steroid dienone is 28. The first-order valence-electron chi connectivity index (χ1n) is 43.4. The number of carbonyl (C=O) groups excluding carboxylic acids is 3. The summed E-state index contributed by atoms with van der Waals surface area (Å²) in [5, 5.41) is 20.7. The third-order valence-corrected chi connectivity index (χ3v) is 19.8. The normalized spacial score (nSPS) is 14.7. The molecule has 4 N–H and O–H groups in total. The van der Waals surface area contributed by atoms with Crippen molar-refractivity contribution in [3.8, 4) is 0 Å². The number of aliphatic hydroxyl groups excluding tert-OH is 2. The Morgan fingerprint density at radius 1 is 0.261 bits per heavy atom. The fraction of sp³-hybridized carbons (Fsp3) is 0.667. The molecule has 0 aromatic heterocycles. The van der Waals surface area contributed by atoms with Crippen LogP contribution in [0.2, 0.25) is 0 Å². The lowest BCUT2D eigenvalue weighted by Gasteiger charge is -2.21. The number of hydrogen-bond acceptors (Lipinski definition) is 14. The molecule has 0 aliphatic carbocycles. The number of phosphoric acid groups is 2. The summed E-state index contributed by atoms with van der Waals surface area (Å²) in [6.07, 6.45) is 108. The van der Waals surface area contributed by atoms with E-state index >= 15 is 0 Å². The fourth-order valence-electron chi connectivity index (χ4n) is 11.4. The molecule has 0 radical (unpaired) electrons. The molecule has 0 bridgehead atoms. The largest absolute Gasteiger partial charge is 0.472 e. The van der Waals surface area contributed by atoms with E-state index in [1.165, 1.54) is 109 Å². The quantitative estimate of drug-likeness (QED) is 0.0146. The van der Waals surface area contributed by atoms with Gasteiger partial charge >= 0.3 is 33.6 Å². The van der Waals surface area contributed by atoms with Crippen molar-refractivity contribution >= 4 is 33.6 Å². The topological polar surface area (TPSA) is 231 Å². The maximum Gasteiger partial charge on any atom is 0.472 e. The van der Waals surface area contributed by atoms with E-state index in [4.69, 9.17) is 32.3 Å². The molecule has 0 fully saturated rings. The molecule has 0 aliphatic rings. The molecule has 5 atom stereocenters. The molecular weight excluding hydrogens is 1430 g/mol. The van der Waals surface area contributed by atoms with Gasteiger partial charge in [-0.3, -0.25) is 32.5 Å². The minimum atomic E-state index is -4.95. The van der Waals surface area contributed by atoms with Gasteiger partial charge in [0.15, 0.2) is 6.10 Å². The second-order valence-corrected chi connectivity index (χ2v) is 31.5. The third-order valence-electron chi connectivity index (χ3n) is 17.9. The molecule has 0 aromatic rings. The van der Waals surface area contributed by atoms with E-state index in [1.54, 1.807) is 0 Å². The van der Waals surface area contributed by atoms with Gasteiger partial charge in [-0.2, -0.15) is 0 Å². The van der Waals surface area contributed by atoms with Crippen molar-refractivity contribution in [3.05, 3.63) is 170 Å². The molecule has 0 saturated heterocycles. The van der Waals surface area contributed by atoms with Crippen LogP contribution in [-0.4, -0.2) is 95.9 Å². The maximum atomic E-state index is 13.0. The number of phosphoric ester groups is 2. The Bertz CT molecular complexity index is 2700. The molecule has 634 valence electrons. The average molecular weight is 1590 g/mol. The van der Waals surface area contributed by atoms with Crippen molar-refractivity contribution in [3.63, 3.8) is 0 Å². The summed E-state index contributed by atoms with van der Waals surface area (Å²) in [7, 11) is -9.82. The van der Waals surface area contributed by atoms with Crippen molar-refractivity contribution < 1.29 is 75.8 Å². The molecule has 5 unspecified atom stereocenters. The molecule has 0 spiro atoms. The summed E-state index contributed by atoms with van der Waals surface area (Å²) < 4.78 is 61.3. The predicted molar refractivity (Wildman–Crippen MR) is 463 cm³/mol. The van der Waals surface area contributed by atoms with Gasteiger partial charge in [-0.15, -0.1) is 0 Å². The highest BCUT2D eigenvalue weighted by Crippen LogP contribution is 2.45. The lowest BCUT2D eigenvalue weighted by Crippen LogP contribution is -2.30. The van der Waals surface area contributed by atoms with Crippen LogP contribution in [0.25, 0.3) is 0 Å². The second kappa shape index (κ2) is 84.3. The molecule has 0 aliphatic heterocycles. The average Bonchev–Trinajstić information content (AvgIpc) is 0.900. The van der Waals surface area contributed by atoms with Crippen molar-refractivity contribution in [1.82, 2.24) is 0 Å². The molecular formula is C93H156O16P2. The van der Waals surface area contributed by atoms with Gasteiger partial charge in [0.05, 0.1) is 26.4 Å². The highest BCUT2D eigenvalue weighted by molar-refractivity contribution is 7.47. The monoisotopic (exact) mass is 1590 g/mol. The van der Waals surface area contributed by atoms with Gasteiger partial charge in [-0.05, 0) is 154 Å². The summed E-state index contributed by atoms with van der Waals surface area (Å²) in [6, 6.07) is 0. The molecule has 0 amide bonds. The summed E-state index contributed by atoms with van der Waals surface area (Å²) >= 11 is 0. The number of rotatable bonds is 81. The smallest absolute Gasteiger partial charge is 0.463 e. The number of aliphatic hydroxyl groups is 2. The van der Waals surface area contributed by atoms with Crippen LogP contribution in [0.5, 0.6) is 0 Å². The van der Waals surface area contributed by atoms with Crippen LogP contribution in [0.4, 0.5) is 0 Å². The molecule has 0 saturated carbocycles. The van der Waals surface area contributed by atoms with Gasteiger partial charge in [0.25, 0.3) is 0 Å². The van der Waals surface area contributed by atoms with E-state index < -0.39 is 91.5 Å². The summed E-state index contributed by atoms with van der Waals surface area (Å²) in [5.41, 5.74) is 0. The van der Waals surface area contributed by atoms with Crippen molar-refractivity contribution in [1.29, 1.82) is 0 Å². The van der Waals surface area contributed by atoms with E-state index in [0.717, 1.165) is 173 Å². The Balaban J connectivity index is 4.57. The number of carbonyl (C=O) groups is 3. The Kier molecular flexibility index (Phi) is 80.4. The van der Waals surface area contributed by atoms with Gasteiger partial charge in [-0.1, -0.05) is 339 Å². The van der Waals surface area contributed by atoms with Gasteiger partial charge in [0, 0.05) is 19.3 Å². The molecule has 16 nitrogen and oxygen atoms in total. The van der Waals surface area contributed by atoms with Crippen LogP contribution >= 0.6 is 15.6 Å². The Morgan fingerprint density at radius 3 is 0.757 bits per heavy atom. The standard InChI is InChI=1S/C93H156O16P2/c1-4-7-10-13-16-19-22-25-28-31-34-37-38-39-40-41-42-43-44-45-46-47-48-51-53-55-58-61-64-67-70-73-76-79-91(96)103-82-88(94)83-105-110(99,100)106-84-89(95)85-107-111(101,102)108-87-90(109-93(98)81-78-75-72-69-66-63-60-57-54-50-36-33-30-27-24-21-18-15-12-9-6-3)86-104-92(97)80-77-74-71-68-65-62-59-56-52-49-35-32-29-26-23-20-17-14-11-8-5-2/h7-8,10-11,16-21,25-30,34-37,39-40,49-50,56-57,59-60,88-90,94-95H,4-6,9,12-15,22-24,31-33,38,41-48,51-55,58,61-87H2,1-3H3,(H,99,100)(H,101,102)/b10-7-,11-8-,19-16-,20-17-,21-18-,28-25-,29-26-,30-27-,37-34-,40-39-,49-35-,50-36-,59-56-,60-57-. The van der Waals surface area contributed by atoms with E-state index in [1.807, 2.05) is 0 Å². The van der Waals surface area contributed by atoms with E-state index in [2.05, 4.69) is 191 Å². The van der Waals surface area contributed by atoms with Crippen LogP contribution in [0.3, 0.4) is 0 Å². The first-order chi connectivity index (χ1) is 54.2. The van der Waals surface area contributed by atoms with Crippen LogP contribution in [-0.2, 0) is 55.8 Å². The van der Waals surface area contributed by atoms with E-state index in [-0.39, 0.29) is 19.3 Å². The van der Waals surface area contributed by atoms with Crippen molar-refractivity contribution in [2.75, 3.05) is 39.6 Å². The molecule has 111 heavy (non-hydrogen) atoms. The van der Waals surface area contributed by atoms with Crippen molar-refractivity contribution in [2.24, 2.45) is 0 Å². The maximum absolute atomic E-state index is 13.0. The predicted octanol–water partition coefficient (Wildman–Crippen LogP) is 26.3. The highest BCUT2D eigenvalue weighted by atomic mass is 31.2. The van der Waals surface area contributed by atoms with E-state index in [0.29, 0.717) is 19.3 Å². The van der Waals surface area contributed by atoms with Crippen LogP contribution in [0.1, 0.15) is 342 Å². The fourth-order valence-corrected chi connectivity index (χ4v) is 13.0. The first kappa shape index (κ1) is 106. The third kappa shape index (κ3) is 85.6. The Morgan fingerprint density at radius 2 is 0.477 bits per heavy atom. The summed E-state index contributed by atoms with van der Waals surface area (Å²) in [4.78, 5) is 58.9. The zero-order chi connectivity index (χ0) is 80.8. The highest BCUT2D eigenvalue weighted by Gasteiger charge is 2.29. The number of esters is 3. The number of ether oxygens (including phenoxy) is 3. The SMILES string of the molecule is CC/C=C\C/C=C\C/C=C\C/C=C\C/C=C\CCCCCCCCCCCCCCCCCCCC(=O)OCC(O)COP(=O)(O)OCC(O)COP(=O)(O)OCC(COC(=O)CCCCCCC/C=C\C/C=C\C/C=C\C/C=C\C/C=C\CC)OC(=O)CCCCCCC/C=C\C/C=C\C/C=C\C/C=C\CCCCC. The Hall–Kier alpha value is -5.09. The van der Waals surface area contributed by atoms with Gasteiger partial charge in [0.2, 0.25) is 0 Å². The van der Waals surface area contributed by atoms with Crippen molar-refractivity contribution in [2.45, 2.75) is 360 Å². The summed E-state index contributed by atoms with van der Waals surface area (Å²) in [5.74, 6) is -1.62. The van der Waals surface area contributed by atoms with Crippen LogP contribution in [0, 0.1) is 0 Å². The van der Waals surface area contributed by atoms with Crippen LogP contribution < -0.4 is 0 Å². The lowest BCUT2D eigenvalue weighted by atomic mass is 10.0. The Labute approximate surface area is 675 Å². The zero-order valence-electron chi connectivity index (χ0n) is 69.6. The molecule has 0 rings (SSSR count). The number of unbranched alkanes of at least 4 members (excludes halogenated alkanes) is 30. The van der Waals surface area contributed by atoms with Gasteiger partial charge < -0.3 is 34.2 Å². The summed E-state index contributed by atoms with van der Waals surface area (Å²) in [6.45, 7) is 2.40. The first-order valence-corrected chi connectivity index (χ1v) is 46.4. The van der Waals surface area contributed by atoms with Gasteiger partial charge in [0.1, 0.15) is 25.4 Å². The van der Waals surface area contributed by atoms with Gasteiger partial charge in [-0.25, -0.2) is 9.13 Å². The lowest BCUT2D eigenvalue weighted by molar-refractivity contribution is -0.161. The zero-order valence-corrected chi connectivity index (χ0v) is 71.4. The molecule has 0 heterocycles. The molecule has 18 heteroatoms. The minimum absolute atomic E-state index is 0.0738. The van der Waals surface area contributed by atoms with Crippen LogP contribution in [0.15, 0.2) is 170 Å². The van der Waals surface area contributed by atoms with E-state index in [9.17, 15) is 43.5 Å². The second-order valence-electron chi connectivity index (χ2n) is 28.6.